The van der Waals surface area contributed by atoms with Crippen molar-refractivity contribution < 1.29 is 13.2 Å². The number of benzene rings is 1. The minimum Gasteiger partial charge on any atom is -0.375 e. The van der Waals surface area contributed by atoms with E-state index in [0.717, 1.165) is 12.0 Å². The summed E-state index contributed by atoms with van der Waals surface area (Å²) < 4.78 is 31.1. The molecule has 1 aromatic carbocycles. The first-order chi connectivity index (χ1) is 9.16. The molecule has 0 bridgehead atoms. The fourth-order valence-corrected chi connectivity index (χ4v) is 2.83. The van der Waals surface area contributed by atoms with Crippen LogP contribution in [0, 0.1) is 5.41 Å². The van der Waals surface area contributed by atoms with Gasteiger partial charge in [0.15, 0.2) is 0 Å². The van der Waals surface area contributed by atoms with Crippen LogP contribution in [0.15, 0.2) is 30.3 Å². The highest BCUT2D eigenvalue weighted by molar-refractivity contribution is 7.88. The molecule has 0 heterocycles. The average molecular weight is 299 g/mol. The Balaban J connectivity index is 2.52. The highest BCUT2D eigenvalue weighted by Crippen LogP contribution is 2.21. The van der Waals surface area contributed by atoms with Crippen LogP contribution < -0.4 is 4.72 Å². The van der Waals surface area contributed by atoms with E-state index in [2.05, 4.69) is 25.5 Å². The summed E-state index contributed by atoms with van der Waals surface area (Å²) in [5.74, 6) is 0. The van der Waals surface area contributed by atoms with E-state index >= 15 is 0 Å². The summed E-state index contributed by atoms with van der Waals surface area (Å²) in [5, 5.41) is 0. The van der Waals surface area contributed by atoms with E-state index in [9.17, 15) is 8.42 Å². The Morgan fingerprint density at radius 3 is 2.30 bits per heavy atom. The highest BCUT2D eigenvalue weighted by atomic mass is 32.2. The lowest BCUT2D eigenvalue weighted by Crippen LogP contribution is -2.40. The molecule has 20 heavy (non-hydrogen) atoms. The second-order valence-corrected chi connectivity index (χ2v) is 8.13. The molecule has 0 spiro atoms. The molecule has 4 nitrogen and oxygen atoms in total. The number of sulfonamides is 1. The Bertz CT molecular complexity index is 492. The van der Waals surface area contributed by atoms with E-state index in [0.29, 0.717) is 13.2 Å². The van der Waals surface area contributed by atoms with Crippen LogP contribution in [0.1, 0.15) is 32.8 Å². The maximum absolute atomic E-state index is 11.4. The summed E-state index contributed by atoms with van der Waals surface area (Å²) in [6, 6.07) is 9.65. The molecule has 0 fully saturated rings. The Kier molecular flexibility index (Phi) is 6.17. The van der Waals surface area contributed by atoms with Gasteiger partial charge in [0.1, 0.15) is 0 Å². The van der Waals surface area contributed by atoms with Crippen LogP contribution in [-0.2, 0) is 21.4 Å². The zero-order chi connectivity index (χ0) is 15.2. The first-order valence-corrected chi connectivity index (χ1v) is 8.64. The standard InChI is InChI=1S/C15H25NO3S/c1-15(2,3)10-14(16-20(4,17)18)12-19-11-13-8-6-5-7-9-13/h5-9,14,16H,10-12H2,1-4H3/t14-/m0/s1. The minimum atomic E-state index is -3.22. The van der Waals surface area contributed by atoms with Crippen molar-refractivity contribution in [3.63, 3.8) is 0 Å². The van der Waals surface area contributed by atoms with Crippen molar-refractivity contribution in [3.05, 3.63) is 35.9 Å². The molecule has 0 aliphatic carbocycles. The molecule has 1 aromatic rings. The number of nitrogens with one attached hydrogen (secondary N) is 1. The third-order valence-corrected chi connectivity index (χ3v) is 3.43. The fourth-order valence-electron chi connectivity index (χ4n) is 2.07. The monoisotopic (exact) mass is 299 g/mol. The lowest BCUT2D eigenvalue weighted by molar-refractivity contribution is 0.0925. The Morgan fingerprint density at radius 1 is 1.20 bits per heavy atom. The van der Waals surface area contributed by atoms with Gasteiger partial charge >= 0.3 is 0 Å². The van der Waals surface area contributed by atoms with Gasteiger partial charge in [0.05, 0.1) is 19.5 Å². The largest absolute Gasteiger partial charge is 0.375 e. The number of hydrogen-bond donors (Lipinski definition) is 1. The molecule has 0 saturated heterocycles. The van der Waals surface area contributed by atoms with Gasteiger partial charge in [-0.1, -0.05) is 51.1 Å². The normalized spacial score (nSPS) is 14.2. The van der Waals surface area contributed by atoms with Gasteiger partial charge in [-0.3, -0.25) is 0 Å². The van der Waals surface area contributed by atoms with Crippen LogP contribution >= 0.6 is 0 Å². The summed E-state index contributed by atoms with van der Waals surface area (Å²) in [6.07, 6.45) is 1.91. The van der Waals surface area contributed by atoms with Crippen LogP contribution in [0.5, 0.6) is 0 Å². The molecule has 0 radical (unpaired) electrons. The van der Waals surface area contributed by atoms with Crippen LogP contribution in [0.4, 0.5) is 0 Å². The van der Waals surface area contributed by atoms with E-state index in [1.54, 1.807) is 0 Å². The fraction of sp³-hybridized carbons (Fsp3) is 0.600. The SMILES string of the molecule is CC(C)(C)C[C@@H](COCc1ccccc1)NS(C)(=O)=O. The van der Waals surface area contributed by atoms with Gasteiger partial charge in [0, 0.05) is 6.04 Å². The highest BCUT2D eigenvalue weighted by Gasteiger charge is 2.21. The molecule has 0 aliphatic heterocycles. The summed E-state index contributed by atoms with van der Waals surface area (Å²) in [7, 11) is -3.22. The van der Waals surface area contributed by atoms with Gasteiger partial charge in [0.25, 0.3) is 0 Å². The summed E-state index contributed by atoms with van der Waals surface area (Å²) in [5.41, 5.74) is 1.12. The topological polar surface area (TPSA) is 55.4 Å². The predicted octanol–water partition coefficient (Wildman–Crippen LogP) is 2.56. The zero-order valence-corrected chi connectivity index (χ0v) is 13.5. The second-order valence-electron chi connectivity index (χ2n) is 6.35. The molecule has 114 valence electrons. The van der Waals surface area contributed by atoms with Crippen molar-refractivity contribution in [1.29, 1.82) is 0 Å². The lowest BCUT2D eigenvalue weighted by Gasteiger charge is -2.26. The number of ether oxygens (including phenoxy) is 1. The van der Waals surface area contributed by atoms with E-state index in [1.807, 2.05) is 30.3 Å². The first kappa shape index (κ1) is 17.1. The van der Waals surface area contributed by atoms with Gasteiger partial charge in [-0.15, -0.1) is 0 Å². The summed E-state index contributed by atoms with van der Waals surface area (Å²) >= 11 is 0. The first-order valence-electron chi connectivity index (χ1n) is 6.75. The van der Waals surface area contributed by atoms with E-state index in [1.165, 1.54) is 6.26 Å². The van der Waals surface area contributed by atoms with Crippen molar-refractivity contribution in [1.82, 2.24) is 4.72 Å². The number of rotatable bonds is 7. The van der Waals surface area contributed by atoms with Crippen molar-refractivity contribution in [2.75, 3.05) is 12.9 Å². The molecule has 0 aromatic heterocycles. The average Bonchev–Trinajstić information content (AvgIpc) is 2.25. The minimum absolute atomic E-state index is 0.0401. The zero-order valence-electron chi connectivity index (χ0n) is 12.7. The van der Waals surface area contributed by atoms with E-state index < -0.39 is 10.0 Å². The smallest absolute Gasteiger partial charge is 0.209 e. The second kappa shape index (κ2) is 7.20. The summed E-state index contributed by atoms with van der Waals surface area (Å²) in [4.78, 5) is 0. The molecule has 1 rings (SSSR count). The van der Waals surface area contributed by atoms with Crippen LogP contribution in [0.25, 0.3) is 0 Å². The van der Waals surface area contributed by atoms with Crippen LogP contribution in [0.3, 0.4) is 0 Å². The van der Waals surface area contributed by atoms with Crippen LogP contribution in [0.2, 0.25) is 0 Å². The van der Waals surface area contributed by atoms with Gasteiger partial charge in [-0.05, 0) is 17.4 Å². The van der Waals surface area contributed by atoms with Crippen LogP contribution in [-0.4, -0.2) is 27.3 Å². The van der Waals surface area contributed by atoms with Gasteiger partial charge in [-0.2, -0.15) is 0 Å². The van der Waals surface area contributed by atoms with Crippen molar-refractivity contribution in [2.24, 2.45) is 5.41 Å². The number of hydrogen-bond acceptors (Lipinski definition) is 3. The molecule has 5 heteroatoms. The maximum Gasteiger partial charge on any atom is 0.209 e. The molecule has 1 atom stereocenters. The molecular weight excluding hydrogens is 274 g/mol. The predicted molar refractivity (Wildman–Crippen MR) is 81.9 cm³/mol. The van der Waals surface area contributed by atoms with Crippen molar-refractivity contribution in [2.45, 2.75) is 39.8 Å². The van der Waals surface area contributed by atoms with E-state index in [4.69, 9.17) is 4.74 Å². The molecule has 0 saturated carbocycles. The third-order valence-electron chi connectivity index (χ3n) is 2.67. The molecule has 0 amide bonds. The van der Waals surface area contributed by atoms with Gasteiger partial charge in [-0.25, -0.2) is 13.1 Å². The molecule has 0 unspecified atom stereocenters. The molecular formula is C15H25NO3S. The molecule has 0 aliphatic rings. The van der Waals surface area contributed by atoms with E-state index in [-0.39, 0.29) is 11.5 Å². The Morgan fingerprint density at radius 2 is 1.80 bits per heavy atom. The Labute approximate surface area is 122 Å². The van der Waals surface area contributed by atoms with Crippen molar-refractivity contribution >= 4 is 10.0 Å². The lowest BCUT2D eigenvalue weighted by atomic mass is 9.89. The van der Waals surface area contributed by atoms with Gasteiger partial charge in [0.2, 0.25) is 10.0 Å². The quantitative estimate of drug-likeness (QED) is 0.842. The third kappa shape index (κ3) is 8.30. The van der Waals surface area contributed by atoms with Crippen molar-refractivity contribution in [3.8, 4) is 0 Å². The molecule has 1 N–H and O–H groups in total. The van der Waals surface area contributed by atoms with Gasteiger partial charge < -0.3 is 4.74 Å². The summed E-state index contributed by atoms with van der Waals surface area (Å²) in [6.45, 7) is 7.12. The maximum atomic E-state index is 11.4. The Hall–Kier alpha value is -0.910.